The molecule has 0 aliphatic carbocycles. The average molecular weight is 482 g/mol. The first-order chi connectivity index (χ1) is 16.9. The van der Waals surface area contributed by atoms with Crippen molar-refractivity contribution < 1.29 is 39.1 Å². The van der Waals surface area contributed by atoms with Gasteiger partial charge in [0.1, 0.15) is 41.4 Å². The topological polar surface area (TPSA) is 147 Å². The summed E-state index contributed by atoms with van der Waals surface area (Å²) in [5, 5.41) is 44.2. The van der Waals surface area contributed by atoms with Gasteiger partial charge in [-0.2, -0.15) is 0 Å². The number of carbonyl (C=O) groups is 1. The Balaban J connectivity index is 1.47. The fraction of sp³-hybridized carbons (Fsp3) is 0.320. The highest BCUT2D eigenvalue weighted by molar-refractivity contribution is 6.07. The molecule has 1 fully saturated rings. The summed E-state index contributed by atoms with van der Waals surface area (Å²) in [5.41, 5.74) is 1.77. The number of aliphatic hydroxyl groups excluding tert-OH is 4. The van der Waals surface area contributed by atoms with Crippen LogP contribution in [0.2, 0.25) is 0 Å². The fourth-order valence-electron chi connectivity index (χ4n) is 4.48. The van der Waals surface area contributed by atoms with E-state index in [1.807, 2.05) is 34.9 Å². The molecule has 0 spiro atoms. The van der Waals surface area contributed by atoms with Crippen molar-refractivity contribution in [3.63, 3.8) is 0 Å². The van der Waals surface area contributed by atoms with E-state index in [1.54, 1.807) is 31.5 Å². The predicted molar refractivity (Wildman–Crippen MR) is 125 cm³/mol. The second kappa shape index (κ2) is 9.33. The smallest absolute Gasteiger partial charge is 0.253 e. The number of furan rings is 1. The van der Waals surface area contributed by atoms with Crippen LogP contribution >= 0.6 is 0 Å². The maximum Gasteiger partial charge on any atom is 0.253 e. The van der Waals surface area contributed by atoms with E-state index in [0.717, 1.165) is 16.5 Å². The number of amides is 1. The number of aromatic nitrogens is 1. The minimum atomic E-state index is -1.61. The summed E-state index contributed by atoms with van der Waals surface area (Å²) in [5.74, 6) is 0.727. The molecule has 0 bridgehead atoms. The summed E-state index contributed by atoms with van der Waals surface area (Å²) in [6.45, 7) is -0.243. The number of aliphatic hydroxyl groups is 4. The average Bonchev–Trinajstić information content (AvgIpc) is 3.44. The first-order valence-corrected chi connectivity index (χ1v) is 11.2. The maximum atomic E-state index is 13.2. The first-order valence-electron chi connectivity index (χ1n) is 11.2. The van der Waals surface area contributed by atoms with E-state index in [-0.39, 0.29) is 5.56 Å². The van der Waals surface area contributed by atoms with Crippen molar-refractivity contribution in [1.82, 2.24) is 9.88 Å². The molecule has 4 aromatic rings. The van der Waals surface area contributed by atoms with Gasteiger partial charge < -0.3 is 44.2 Å². The van der Waals surface area contributed by atoms with E-state index in [9.17, 15) is 25.2 Å². The van der Waals surface area contributed by atoms with Crippen molar-refractivity contribution in [2.24, 2.45) is 0 Å². The summed E-state index contributed by atoms with van der Waals surface area (Å²) in [4.78, 5) is 13.2. The molecule has 5 atom stereocenters. The molecule has 1 saturated heterocycles. The normalized spacial score (nSPS) is 24.7. The molecular weight excluding hydrogens is 456 g/mol. The molecule has 0 saturated carbocycles. The van der Waals surface area contributed by atoms with Crippen LogP contribution in [0.5, 0.6) is 5.75 Å². The number of carbonyl (C=O) groups excluding carboxylic acids is 1. The maximum absolute atomic E-state index is 13.2. The molecule has 1 aliphatic heterocycles. The third kappa shape index (κ3) is 4.26. The number of rotatable bonds is 6. The van der Waals surface area contributed by atoms with Gasteiger partial charge >= 0.3 is 0 Å². The largest absolute Gasteiger partial charge is 0.497 e. The molecule has 3 unspecified atom stereocenters. The van der Waals surface area contributed by atoms with E-state index in [1.165, 1.54) is 0 Å². The summed E-state index contributed by atoms with van der Waals surface area (Å²) in [6, 6.07) is 13.6. The standard InChI is InChI=1S/C25H26N2O8/c1-33-14-6-7-16-17(24(31)26-21-23(30)22(29)20(12-28)35-25(21)32)11-27(18(16)9-14)10-15-8-13-4-2-3-5-19(13)34-15/h2-9,11,20-23,25,28-30,32H,10,12H2,1H3,(H,26,31)/t20?,21-,22-,23?,25?/m1/s1. The quantitative estimate of drug-likeness (QED) is 0.273. The van der Waals surface area contributed by atoms with Gasteiger partial charge in [0.2, 0.25) is 0 Å². The molecule has 184 valence electrons. The van der Waals surface area contributed by atoms with Crippen LogP contribution in [0.3, 0.4) is 0 Å². The second-order valence-electron chi connectivity index (χ2n) is 8.53. The number of para-hydroxylation sites is 1. The Labute approximate surface area is 199 Å². The van der Waals surface area contributed by atoms with Crippen molar-refractivity contribution in [2.45, 2.75) is 37.2 Å². The van der Waals surface area contributed by atoms with Crippen LogP contribution in [0.15, 0.2) is 59.1 Å². The Bertz CT molecular complexity index is 1330. The van der Waals surface area contributed by atoms with Crippen LogP contribution in [0.4, 0.5) is 0 Å². The number of benzene rings is 2. The van der Waals surface area contributed by atoms with Gasteiger partial charge in [-0.15, -0.1) is 0 Å². The molecule has 1 aliphatic rings. The highest BCUT2D eigenvalue weighted by atomic mass is 16.6. The molecule has 3 heterocycles. The lowest BCUT2D eigenvalue weighted by Gasteiger charge is -2.40. The number of hydrogen-bond donors (Lipinski definition) is 5. The lowest BCUT2D eigenvalue weighted by molar-refractivity contribution is -0.252. The number of methoxy groups -OCH3 is 1. The number of nitrogens with zero attached hydrogens (tertiary/aromatic N) is 1. The van der Waals surface area contributed by atoms with Crippen molar-refractivity contribution >= 4 is 27.8 Å². The van der Waals surface area contributed by atoms with Crippen LogP contribution in [-0.2, 0) is 11.3 Å². The Morgan fingerprint density at radius 2 is 1.91 bits per heavy atom. The Kier molecular flexibility index (Phi) is 6.22. The van der Waals surface area contributed by atoms with E-state index in [2.05, 4.69) is 5.32 Å². The molecule has 2 aromatic carbocycles. The number of hydrogen-bond acceptors (Lipinski definition) is 8. The molecule has 0 radical (unpaired) electrons. The Hall–Kier alpha value is -3.41. The van der Waals surface area contributed by atoms with Gasteiger partial charge in [0.05, 0.1) is 31.3 Å². The summed E-state index contributed by atoms with van der Waals surface area (Å²) < 4.78 is 18.3. The lowest BCUT2D eigenvalue weighted by atomic mass is 9.96. The zero-order chi connectivity index (χ0) is 24.7. The first kappa shape index (κ1) is 23.3. The molecule has 1 amide bonds. The van der Waals surface area contributed by atoms with Gasteiger partial charge in [-0.3, -0.25) is 4.79 Å². The van der Waals surface area contributed by atoms with Crippen molar-refractivity contribution in [1.29, 1.82) is 0 Å². The molecule has 5 rings (SSSR count). The summed E-state index contributed by atoms with van der Waals surface area (Å²) in [7, 11) is 1.55. The minimum Gasteiger partial charge on any atom is -0.497 e. The van der Waals surface area contributed by atoms with Crippen molar-refractivity contribution in [3.05, 3.63) is 66.1 Å². The van der Waals surface area contributed by atoms with Gasteiger partial charge in [-0.1, -0.05) is 18.2 Å². The number of ether oxygens (including phenoxy) is 2. The molecule has 10 heteroatoms. The van der Waals surface area contributed by atoms with Gasteiger partial charge in [0.15, 0.2) is 6.29 Å². The van der Waals surface area contributed by atoms with Crippen LogP contribution in [0.25, 0.3) is 21.9 Å². The molecule has 2 aromatic heterocycles. The molecular formula is C25H26N2O8. The molecule has 10 nitrogen and oxygen atoms in total. The highest BCUT2D eigenvalue weighted by Gasteiger charge is 2.44. The molecule has 5 N–H and O–H groups in total. The summed E-state index contributed by atoms with van der Waals surface area (Å²) in [6.07, 6.45) is -4.14. The third-order valence-corrected chi connectivity index (χ3v) is 6.33. The summed E-state index contributed by atoms with van der Waals surface area (Å²) >= 11 is 0. The fourth-order valence-corrected chi connectivity index (χ4v) is 4.48. The zero-order valence-electron chi connectivity index (χ0n) is 18.9. The Morgan fingerprint density at radius 1 is 1.11 bits per heavy atom. The van der Waals surface area contributed by atoms with Gasteiger partial charge in [-0.05, 0) is 24.3 Å². The highest BCUT2D eigenvalue weighted by Crippen LogP contribution is 2.29. The van der Waals surface area contributed by atoms with E-state index >= 15 is 0 Å². The zero-order valence-corrected chi connectivity index (χ0v) is 18.9. The van der Waals surface area contributed by atoms with E-state index in [0.29, 0.717) is 23.4 Å². The number of fused-ring (bicyclic) bond motifs is 2. The van der Waals surface area contributed by atoms with Gasteiger partial charge in [-0.25, -0.2) is 0 Å². The van der Waals surface area contributed by atoms with Gasteiger partial charge in [0.25, 0.3) is 5.91 Å². The van der Waals surface area contributed by atoms with Crippen LogP contribution in [-0.4, -0.2) is 75.3 Å². The van der Waals surface area contributed by atoms with Gasteiger partial charge in [0, 0.05) is 23.0 Å². The van der Waals surface area contributed by atoms with Crippen LogP contribution in [0.1, 0.15) is 16.1 Å². The molecule has 35 heavy (non-hydrogen) atoms. The second-order valence-corrected chi connectivity index (χ2v) is 8.53. The Morgan fingerprint density at radius 3 is 2.66 bits per heavy atom. The van der Waals surface area contributed by atoms with Crippen LogP contribution < -0.4 is 10.1 Å². The van der Waals surface area contributed by atoms with Crippen molar-refractivity contribution in [3.8, 4) is 5.75 Å². The third-order valence-electron chi connectivity index (χ3n) is 6.33. The van der Waals surface area contributed by atoms with Crippen molar-refractivity contribution in [2.75, 3.05) is 13.7 Å². The minimum absolute atomic E-state index is 0.289. The van der Waals surface area contributed by atoms with E-state index in [4.69, 9.17) is 13.9 Å². The van der Waals surface area contributed by atoms with Crippen LogP contribution in [0, 0.1) is 0 Å². The number of nitrogens with one attached hydrogen (secondary N) is 1. The lowest BCUT2D eigenvalue weighted by Crippen LogP contribution is -2.64. The van der Waals surface area contributed by atoms with E-state index < -0.39 is 43.2 Å². The predicted octanol–water partition coefficient (Wildman–Crippen LogP) is 0.974. The SMILES string of the molecule is COc1ccc2c(C(=O)N[C@H]3C(O)OC(CO)[C@@H](O)C3O)cn(Cc3cc4ccccc4o3)c2c1. The monoisotopic (exact) mass is 482 g/mol.